The van der Waals surface area contributed by atoms with Gasteiger partial charge < -0.3 is 14.7 Å². The van der Waals surface area contributed by atoms with E-state index in [2.05, 4.69) is 29.4 Å². The summed E-state index contributed by atoms with van der Waals surface area (Å²) < 4.78 is 7.88. The summed E-state index contributed by atoms with van der Waals surface area (Å²) in [5.74, 6) is 0. The van der Waals surface area contributed by atoms with E-state index in [4.69, 9.17) is 4.74 Å². The zero-order valence-corrected chi connectivity index (χ0v) is 19.2. The lowest BCUT2D eigenvalue weighted by molar-refractivity contribution is -0.101. The van der Waals surface area contributed by atoms with Crippen molar-refractivity contribution in [1.29, 1.82) is 0 Å². The summed E-state index contributed by atoms with van der Waals surface area (Å²) >= 11 is 0. The first kappa shape index (κ1) is 22.1. The van der Waals surface area contributed by atoms with Crippen LogP contribution in [0.4, 0.5) is 4.79 Å². The molecule has 3 aromatic rings. The molecule has 0 saturated carbocycles. The Bertz CT molecular complexity index is 1070. The van der Waals surface area contributed by atoms with E-state index in [0.717, 1.165) is 22.3 Å². The Morgan fingerprint density at radius 2 is 1.81 bits per heavy atom. The van der Waals surface area contributed by atoms with Gasteiger partial charge in [0.2, 0.25) is 0 Å². The average molecular weight is 434 g/mol. The quantitative estimate of drug-likeness (QED) is 0.591. The molecule has 6 heteroatoms. The molecule has 2 aromatic carbocycles. The molecule has 0 bridgehead atoms. The fourth-order valence-electron chi connectivity index (χ4n) is 4.60. The van der Waals surface area contributed by atoms with E-state index >= 15 is 0 Å². The van der Waals surface area contributed by atoms with Crippen LogP contribution in [0.5, 0.6) is 0 Å². The normalized spacial score (nSPS) is 20.2. The minimum atomic E-state index is -0.966. The SMILES string of the molecule is C[C@@H](c1ccc(-c2cnn(C)c2)cc1)N1CCC(CC(C)(C)O)(c2ccccc2)OC1=O. The molecule has 0 aliphatic carbocycles. The van der Waals surface area contributed by atoms with Gasteiger partial charge in [-0.1, -0.05) is 54.6 Å². The van der Waals surface area contributed by atoms with Gasteiger partial charge in [0.15, 0.2) is 0 Å². The van der Waals surface area contributed by atoms with E-state index in [9.17, 15) is 9.90 Å². The van der Waals surface area contributed by atoms with Crippen LogP contribution in [0, 0.1) is 0 Å². The molecule has 1 aromatic heterocycles. The average Bonchev–Trinajstić information content (AvgIpc) is 3.19. The highest BCUT2D eigenvalue weighted by Crippen LogP contribution is 2.42. The van der Waals surface area contributed by atoms with E-state index in [1.54, 1.807) is 23.4 Å². The van der Waals surface area contributed by atoms with Crippen LogP contribution in [0.25, 0.3) is 11.1 Å². The maximum atomic E-state index is 13.2. The maximum absolute atomic E-state index is 13.2. The van der Waals surface area contributed by atoms with Gasteiger partial charge in [-0.25, -0.2) is 4.79 Å². The van der Waals surface area contributed by atoms with Crippen LogP contribution in [0.1, 0.15) is 50.8 Å². The van der Waals surface area contributed by atoms with Gasteiger partial charge in [-0.15, -0.1) is 0 Å². The Hall–Kier alpha value is -3.12. The highest BCUT2D eigenvalue weighted by Gasteiger charge is 2.46. The van der Waals surface area contributed by atoms with Crippen LogP contribution >= 0.6 is 0 Å². The second-order valence-electron chi connectivity index (χ2n) is 9.36. The van der Waals surface area contributed by atoms with Gasteiger partial charge in [0, 0.05) is 38.2 Å². The van der Waals surface area contributed by atoms with Crippen molar-refractivity contribution in [3.8, 4) is 11.1 Å². The molecule has 0 radical (unpaired) electrons. The lowest BCUT2D eigenvalue weighted by atomic mass is 9.80. The molecule has 32 heavy (non-hydrogen) atoms. The van der Waals surface area contributed by atoms with Gasteiger partial charge in [-0.3, -0.25) is 4.68 Å². The lowest BCUT2D eigenvalue weighted by Gasteiger charge is -2.45. The van der Waals surface area contributed by atoms with Crippen molar-refractivity contribution in [2.24, 2.45) is 7.05 Å². The molecular formula is C26H31N3O3. The predicted octanol–water partition coefficient (Wildman–Crippen LogP) is 5.05. The first-order valence-electron chi connectivity index (χ1n) is 11.0. The number of hydrogen-bond donors (Lipinski definition) is 1. The number of carbonyl (C=O) groups is 1. The van der Waals surface area contributed by atoms with E-state index in [1.807, 2.05) is 56.7 Å². The van der Waals surface area contributed by atoms with Gasteiger partial charge in [0.05, 0.1) is 17.8 Å². The highest BCUT2D eigenvalue weighted by molar-refractivity contribution is 5.70. The number of nitrogens with zero attached hydrogens (tertiary/aromatic N) is 3. The van der Waals surface area contributed by atoms with Gasteiger partial charge in [0.1, 0.15) is 5.60 Å². The Morgan fingerprint density at radius 3 is 2.38 bits per heavy atom. The smallest absolute Gasteiger partial charge is 0.411 e. The molecule has 6 nitrogen and oxygen atoms in total. The topological polar surface area (TPSA) is 67.6 Å². The Balaban J connectivity index is 1.53. The number of aromatic nitrogens is 2. The summed E-state index contributed by atoms with van der Waals surface area (Å²) in [6, 6.07) is 17.8. The third kappa shape index (κ3) is 4.55. The van der Waals surface area contributed by atoms with Crippen molar-refractivity contribution in [2.45, 2.75) is 50.9 Å². The molecule has 0 spiro atoms. The van der Waals surface area contributed by atoms with Crippen LogP contribution in [0.15, 0.2) is 67.0 Å². The van der Waals surface area contributed by atoms with E-state index in [0.29, 0.717) is 19.4 Å². The summed E-state index contributed by atoms with van der Waals surface area (Å²) in [7, 11) is 1.90. The fraction of sp³-hybridized carbons (Fsp3) is 0.385. The van der Waals surface area contributed by atoms with E-state index in [1.165, 1.54) is 0 Å². The van der Waals surface area contributed by atoms with Crippen molar-refractivity contribution in [3.05, 3.63) is 78.1 Å². The standard InChI is InChI=1S/C26H31N3O3/c1-19(20-10-12-21(13-11-20)22-16-27-28(4)17-22)29-15-14-26(32-24(29)30,18-25(2,3)31)23-8-6-5-7-9-23/h5-13,16-17,19,31H,14-15,18H2,1-4H3/t19-,26?/m0/s1. The second-order valence-corrected chi connectivity index (χ2v) is 9.36. The second kappa shape index (κ2) is 8.43. The lowest BCUT2D eigenvalue weighted by Crippen LogP contribution is -2.51. The molecular weight excluding hydrogens is 402 g/mol. The molecule has 4 rings (SSSR count). The summed E-state index contributed by atoms with van der Waals surface area (Å²) in [5.41, 5.74) is 2.31. The van der Waals surface area contributed by atoms with Crippen molar-refractivity contribution in [1.82, 2.24) is 14.7 Å². The van der Waals surface area contributed by atoms with Gasteiger partial charge >= 0.3 is 6.09 Å². The monoisotopic (exact) mass is 433 g/mol. The number of rotatable bonds is 6. The Labute approximate surface area is 189 Å². The van der Waals surface area contributed by atoms with Gasteiger partial charge in [0.25, 0.3) is 0 Å². The molecule has 1 saturated heterocycles. The van der Waals surface area contributed by atoms with Crippen LogP contribution in [0.2, 0.25) is 0 Å². The van der Waals surface area contributed by atoms with Crippen molar-refractivity contribution in [3.63, 3.8) is 0 Å². The van der Waals surface area contributed by atoms with Crippen LogP contribution in [-0.2, 0) is 17.4 Å². The van der Waals surface area contributed by atoms with Crippen LogP contribution in [-0.4, -0.2) is 38.0 Å². The molecule has 2 atom stereocenters. The third-order valence-electron chi connectivity index (χ3n) is 6.19. The summed E-state index contributed by atoms with van der Waals surface area (Å²) in [5, 5.41) is 14.8. The Morgan fingerprint density at radius 1 is 1.12 bits per heavy atom. The van der Waals surface area contributed by atoms with E-state index < -0.39 is 11.2 Å². The largest absolute Gasteiger partial charge is 0.438 e. The number of cyclic esters (lactones) is 1. The van der Waals surface area contributed by atoms with Crippen LogP contribution < -0.4 is 0 Å². The number of ether oxygens (including phenoxy) is 1. The Kier molecular flexibility index (Phi) is 5.82. The molecule has 1 aliphatic heterocycles. The van der Waals surface area contributed by atoms with Crippen molar-refractivity contribution in [2.75, 3.05) is 6.54 Å². The number of benzene rings is 2. The molecule has 1 aliphatic rings. The first-order chi connectivity index (χ1) is 15.2. The number of aryl methyl sites for hydroxylation is 1. The summed E-state index contributed by atoms with van der Waals surface area (Å²) in [6.45, 7) is 6.08. The highest BCUT2D eigenvalue weighted by atomic mass is 16.6. The molecule has 1 fully saturated rings. The zero-order valence-electron chi connectivity index (χ0n) is 19.2. The molecule has 1 unspecified atom stereocenters. The van der Waals surface area contributed by atoms with Crippen molar-refractivity contribution >= 4 is 6.09 Å². The van der Waals surface area contributed by atoms with Crippen LogP contribution in [0.3, 0.4) is 0 Å². The maximum Gasteiger partial charge on any atom is 0.411 e. The number of aliphatic hydroxyl groups is 1. The minimum absolute atomic E-state index is 0.124. The molecule has 1 N–H and O–H groups in total. The number of hydrogen-bond acceptors (Lipinski definition) is 4. The summed E-state index contributed by atoms with van der Waals surface area (Å²) in [4.78, 5) is 15.0. The fourth-order valence-corrected chi connectivity index (χ4v) is 4.60. The van der Waals surface area contributed by atoms with Gasteiger partial charge in [-0.05, 0) is 37.5 Å². The summed E-state index contributed by atoms with van der Waals surface area (Å²) in [6.07, 6.45) is 4.43. The zero-order chi connectivity index (χ0) is 22.9. The number of amides is 1. The molecule has 2 heterocycles. The number of carbonyl (C=O) groups excluding carboxylic acids is 1. The molecule has 168 valence electrons. The third-order valence-corrected chi connectivity index (χ3v) is 6.19. The van der Waals surface area contributed by atoms with Crippen molar-refractivity contribution < 1.29 is 14.6 Å². The van der Waals surface area contributed by atoms with E-state index in [-0.39, 0.29) is 12.1 Å². The molecule has 1 amide bonds. The first-order valence-corrected chi connectivity index (χ1v) is 11.0. The minimum Gasteiger partial charge on any atom is -0.438 e. The van der Waals surface area contributed by atoms with Gasteiger partial charge in [-0.2, -0.15) is 5.10 Å². The predicted molar refractivity (Wildman–Crippen MR) is 124 cm³/mol.